The van der Waals surface area contributed by atoms with E-state index in [0.717, 1.165) is 25.7 Å². The second-order valence-electron chi connectivity index (χ2n) is 6.63. The van der Waals surface area contributed by atoms with Crippen LogP contribution in [0.2, 0.25) is 0 Å². The van der Waals surface area contributed by atoms with Gasteiger partial charge in [-0.2, -0.15) is 0 Å². The van der Waals surface area contributed by atoms with E-state index >= 15 is 0 Å². The van der Waals surface area contributed by atoms with Crippen molar-refractivity contribution >= 4 is 5.91 Å². The number of carbonyl (C=O) groups is 1. The van der Waals surface area contributed by atoms with Crippen LogP contribution in [-0.4, -0.2) is 23.2 Å². The van der Waals surface area contributed by atoms with Crippen LogP contribution in [0.15, 0.2) is 0 Å². The zero-order chi connectivity index (χ0) is 13.2. The van der Waals surface area contributed by atoms with E-state index in [1.54, 1.807) is 0 Å². The largest absolute Gasteiger partial charge is 0.391 e. The third kappa shape index (κ3) is 2.87. The maximum Gasteiger partial charge on any atom is 0.226 e. The Balaban J connectivity index is 1.93. The van der Waals surface area contributed by atoms with Gasteiger partial charge in [0.2, 0.25) is 5.91 Å². The van der Waals surface area contributed by atoms with Gasteiger partial charge in [0, 0.05) is 5.41 Å². The van der Waals surface area contributed by atoms with E-state index in [2.05, 4.69) is 19.2 Å². The van der Waals surface area contributed by atoms with Crippen LogP contribution in [0.1, 0.15) is 65.2 Å². The number of rotatable bonds is 3. The first-order valence-corrected chi connectivity index (χ1v) is 7.51. The number of carbonyl (C=O) groups excluding carboxylic acids is 1. The van der Waals surface area contributed by atoms with Gasteiger partial charge in [-0.3, -0.25) is 4.79 Å². The van der Waals surface area contributed by atoms with Gasteiger partial charge in [0.15, 0.2) is 0 Å². The molecule has 0 spiro atoms. The zero-order valence-corrected chi connectivity index (χ0v) is 11.7. The maximum absolute atomic E-state index is 12.4. The second-order valence-corrected chi connectivity index (χ2v) is 6.63. The molecule has 3 heteroatoms. The predicted molar refractivity (Wildman–Crippen MR) is 72.1 cm³/mol. The van der Waals surface area contributed by atoms with Gasteiger partial charge in [0.25, 0.3) is 0 Å². The van der Waals surface area contributed by atoms with Crippen molar-refractivity contribution in [2.75, 3.05) is 0 Å². The van der Waals surface area contributed by atoms with Gasteiger partial charge in [-0.15, -0.1) is 0 Å². The fourth-order valence-electron chi connectivity index (χ4n) is 3.47. The Hall–Kier alpha value is -0.570. The second kappa shape index (κ2) is 5.60. The lowest BCUT2D eigenvalue weighted by molar-refractivity contribution is -0.134. The molecule has 18 heavy (non-hydrogen) atoms. The molecule has 0 aromatic carbocycles. The quantitative estimate of drug-likeness (QED) is 0.812. The standard InChI is InChI=1S/C15H27NO2/c1-15(2,11-7-3-4-8-11)14(18)16-12-9-5-6-10-13(12)17/h11-13,17H,3-10H2,1-2H3,(H,16,18). The van der Waals surface area contributed by atoms with Crippen LogP contribution in [0.4, 0.5) is 0 Å². The molecule has 1 amide bonds. The third-order valence-electron chi connectivity index (χ3n) is 5.01. The summed E-state index contributed by atoms with van der Waals surface area (Å²) in [7, 11) is 0. The van der Waals surface area contributed by atoms with Crippen molar-refractivity contribution in [1.82, 2.24) is 5.32 Å². The Morgan fingerprint density at radius 3 is 2.22 bits per heavy atom. The lowest BCUT2D eigenvalue weighted by Gasteiger charge is -2.35. The molecule has 0 aromatic rings. The molecule has 2 fully saturated rings. The van der Waals surface area contributed by atoms with E-state index in [1.807, 2.05) is 0 Å². The van der Waals surface area contributed by atoms with E-state index in [1.165, 1.54) is 25.7 Å². The highest BCUT2D eigenvalue weighted by Gasteiger charge is 2.39. The fourth-order valence-corrected chi connectivity index (χ4v) is 3.47. The molecule has 2 rings (SSSR count). The van der Waals surface area contributed by atoms with Crippen molar-refractivity contribution in [1.29, 1.82) is 0 Å². The highest BCUT2D eigenvalue weighted by molar-refractivity contribution is 5.82. The molecule has 3 nitrogen and oxygen atoms in total. The van der Waals surface area contributed by atoms with Crippen LogP contribution in [-0.2, 0) is 4.79 Å². The van der Waals surface area contributed by atoms with E-state index in [-0.39, 0.29) is 23.5 Å². The van der Waals surface area contributed by atoms with Crippen molar-refractivity contribution < 1.29 is 9.90 Å². The molecule has 0 saturated heterocycles. The molecule has 0 aromatic heterocycles. The predicted octanol–water partition coefficient (Wildman–Crippen LogP) is 2.62. The molecule has 0 aliphatic heterocycles. The molecule has 2 saturated carbocycles. The average molecular weight is 253 g/mol. The molecule has 104 valence electrons. The van der Waals surface area contributed by atoms with Crippen LogP contribution >= 0.6 is 0 Å². The molecular weight excluding hydrogens is 226 g/mol. The molecule has 2 aliphatic rings. The van der Waals surface area contributed by atoms with Crippen molar-refractivity contribution in [2.45, 2.75) is 77.4 Å². The lowest BCUT2D eigenvalue weighted by Crippen LogP contribution is -2.51. The molecule has 0 bridgehead atoms. The molecular formula is C15H27NO2. The topological polar surface area (TPSA) is 49.3 Å². The minimum Gasteiger partial charge on any atom is -0.391 e. The number of aliphatic hydroxyl groups excluding tert-OH is 1. The summed E-state index contributed by atoms with van der Waals surface area (Å²) in [5.41, 5.74) is -0.284. The first-order valence-electron chi connectivity index (χ1n) is 7.51. The van der Waals surface area contributed by atoms with Crippen molar-refractivity contribution in [2.24, 2.45) is 11.3 Å². The Morgan fingerprint density at radius 2 is 1.61 bits per heavy atom. The SMILES string of the molecule is CC(C)(C(=O)NC1CCCCC1O)C1CCCC1. The Kier molecular flexibility index (Phi) is 4.31. The van der Waals surface area contributed by atoms with E-state index in [0.29, 0.717) is 5.92 Å². The molecule has 2 unspecified atom stereocenters. The van der Waals surface area contributed by atoms with Crippen LogP contribution in [0.5, 0.6) is 0 Å². The first-order chi connectivity index (χ1) is 8.51. The summed E-state index contributed by atoms with van der Waals surface area (Å²) in [5.74, 6) is 0.651. The highest BCUT2D eigenvalue weighted by atomic mass is 16.3. The van der Waals surface area contributed by atoms with Crippen molar-refractivity contribution in [3.63, 3.8) is 0 Å². The number of aliphatic hydroxyl groups is 1. The molecule has 2 aliphatic carbocycles. The lowest BCUT2D eigenvalue weighted by atomic mass is 9.76. The summed E-state index contributed by atoms with van der Waals surface area (Å²) in [6.07, 6.45) is 8.47. The van der Waals surface area contributed by atoms with Gasteiger partial charge in [0.05, 0.1) is 12.1 Å². The maximum atomic E-state index is 12.4. The van der Waals surface area contributed by atoms with E-state index < -0.39 is 0 Å². The molecule has 0 radical (unpaired) electrons. The Bertz CT molecular complexity index is 295. The monoisotopic (exact) mass is 253 g/mol. The fraction of sp³-hybridized carbons (Fsp3) is 0.933. The third-order valence-corrected chi connectivity index (χ3v) is 5.01. The van der Waals surface area contributed by atoms with Crippen LogP contribution < -0.4 is 5.32 Å². The normalized spacial score (nSPS) is 30.4. The molecule has 2 atom stereocenters. The number of hydrogen-bond donors (Lipinski definition) is 2. The Morgan fingerprint density at radius 1 is 1.06 bits per heavy atom. The van der Waals surface area contributed by atoms with Crippen LogP contribution in [0.3, 0.4) is 0 Å². The average Bonchev–Trinajstić information content (AvgIpc) is 2.86. The summed E-state index contributed by atoms with van der Waals surface area (Å²) >= 11 is 0. The molecule has 2 N–H and O–H groups in total. The van der Waals surface area contributed by atoms with Gasteiger partial charge in [-0.1, -0.05) is 39.5 Å². The van der Waals surface area contributed by atoms with E-state index in [4.69, 9.17) is 0 Å². The summed E-state index contributed by atoms with van der Waals surface area (Å²) in [4.78, 5) is 12.4. The van der Waals surface area contributed by atoms with Gasteiger partial charge in [0.1, 0.15) is 0 Å². The van der Waals surface area contributed by atoms with Gasteiger partial charge >= 0.3 is 0 Å². The Labute approximate surface area is 110 Å². The van der Waals surface area contributed by atoms with E-state index in [9.17, 15) is 9.90 Å². The highest BCUT2D eigenvalue weighted by Crippen LogP contribution is 2.39. The minimum atomic E-state index is -0.345. The summed E-state index contributed by atoms with van der Waals surface area (Å²) in [6, 6.07) is -0.0214. The smallest absolute Gasteiger partial charge is 0.226 e. The first kappa shape index (κ1) is 13.9. The molecule has 0 heterocycles. The summed E-state index contributed by atoms with van der Waals surface area (Å²) in [5, 5.41) is 13.0. The van der Waals surface area contributed by atoms with Gasteiger partial charge in [-0.05, 0) is 31.6 Å². The minimum absolute atomic E-state index is 0.0214. The number of hydrogen-bond acceptors (Lipinski definition) is 2. The van der Waals surface area contributed by atoms with Gasteiger partial charge in [-0.25, -0.2) is 0 Å². The summed E-state index contributed by atoms with van der Waals surface area (Å²) < 4.78 is 0. The van der Waals surface area contributed by atoms with Crippen molar-refractivity contribution in [3.8, 4) is 0 Å². The van der Waals surface area contributed by atoms with Crippen LogP contribution in [0, 0.1) is 11.3 Å². The number of amides is 1. The summed E-state index contributed by atoms with van der Waals surface area (Å²) in [6.45, 7) is 4.13. The van der Waals surface area contributed by atoms with Gasteiger partial charge < -0.3 is 10.4 Å². The van der Waals surface area contributed by atoms with Crippen LogP contribution in [0.25, 0.3) is 0 Å². The zero-order valence-electron chi connectivity index (χ0n) is 11.7. The van der Waals surface area contributed by atoms with Crippen molar-refractivity contribution in [3.05, 3.63) is 0 Å². The number of nitrogens with one attached hydrogen (secondary N) is 1.